The minimum atomic E-state index is -0.344. The molecule has 66 valence electrons. The molecular weight excluding hydrogens is 168 g/mol. The van der Waals surface area contributed by atoms with Crippen LogP contribution in [0.5, 0.6) is 0 Å². The summed E-state index contributed by atoms with van der Waals surface area (Å²) in [5.41, 5.74) is 0.639. The van der Waals surface area contributed by atoms with Gasteiger partial charge in [-0.1, -0.05) is 32.1 Å². The summed E-state index contributed by atoms with van der Waals surface area (Å²) >= 11 is 0. The van der Waals surface area contributed by atoms with Crippen LogP contribution in [0, 0.1) is 0 Å². The van der Waals surface area contributed by atoms with Crippen molar-refractivity contribution in [2.24, 2.45) is 0 Å². The molecule has 14 heavy (non-hydrogen) atoms. The molecule has 0 spiro atoms. The maximum atomic E-state index is 11.0. The summed E-state index contributed by atoms with van der Waals surface area (Å²) < 4.78 is 4.89. The van der Waals surface area contributed by atoms with Gasteiger partial charge in [0.25, 0.3) is 0 Å². The molecule has 1 heterocycles. The second-order valence-corrected chi connectivity index (χ2v) is 2.69. The van der Waals surface area contributed by atoms with E-state index in [1.54, 1.807) is 18.3 Å². The van der Waals surface area contributed by atoms with Crippen LogP contribution in [-0.2, 0) is 4.74 Å². The molecule has 0 aliphatic heterocycles. The molecule has 5 heteroatoms. The minimum Gasteiger partial charge on any atom is -0.664 e. The Kier molecular flexibility index (Phi) is 9.46. The number of hydrogen-bond acceptors (Lipinski definition) is 2. The van der Waals surface area contributed by atoms with Gasteiger partial charge in [-0.25, -0.2) is 0 Å². The second-order valence-electron chi connectivity index (χ2n) is 2.69. The van der Waals surface area contributed by atoms with Crippen molar-refractivity contribution in [1.82, 2.24) is 4.98 Å². The largest absolute Gasteiger partial charge is 1.00 e. The molecule has 1 aromatic rings. The molecule has 1 rings (SSSR count). The summed E-state index contributed by atoms with van der Waals surface area (Å²) in [5.74, 6) is -0.344. The average molecular weight is 179 g/mol. The summed E-state index contributed by atoms with van der Waals surface area (Å²) in [7, 11) is 0. The molecule has 0 aliphatic carbocycles. The number of nitrogens with zero attached hydrogens (tertiary/aromatic N) is 1. The third-order valence-corrected chi connectivity index (χ3v) is 1.19. The molecule has 0 saturated heterocycles. The number of hydrogen-bond donors (Lipinski definition) is 0. The quantitative estimate of drug-likeness (QED) is 0.344. The molecule has 0 aliphatic rings. The van der Waals surface area contributed by atoms with Gasteiger partial charge in [-0.2, -0.15) is 6.20 Å². The van der Waals surface area contributed by atoms with Crippen molar-refractivity contribution in [2.45, 2.75) is 20.0 Å². The summed E-state index contributed by atoms with van der Waals surface area (Å²) in [6.45, 7) is 3.62. The summed E-state index contributed by atoms with van der Waals surface area (Å²) in [4.78, 5) is 3.91. The van der Waals surface area contributed by atoms with Crippen LogP contribution in [0.4, 0.5) is 0 Å². The van der Waals surface area contributed by atoms with Crippen molar-refractivity contribution in [1.29, 1.82) is 0 Å². The third kappa shape index (κ3) is 6.30. The zero-order valence-electron chi connectivity index (χ0n) is 9.15. The van der Waals surface area contributed by atoms with E-state index < -0.39 is 0 Å². The van der Waals surface area contributed by atoms with Crippen molar-refractivity contribution in [3.8, 4) is 0 Å². The first kappa shape index (κ1) is 16.3. The van der Waals surface area contributed by atoms with E-state index in [1.807, 2.05) is 13.8 Å². The maximum absolute atomic E-state index is 11.0. The zero-order chi connectivity index (χ0) is 8.97. The van der Waals surface area contributed by atoms with Crippen LogP contribution >= 0.6 is 0 Å². The first-order valence-corrected chi connectivity index (χ1v) is 3.81. The molecule has 0 saturated carbocycles. The van der Waals surface area contributed by atoms with Gasteiger partial charge in [0, 0.05) is 0 Å². The standard InChI is InChI=1S/C9H12NO2.2Li/c1-7(2)12-9(11)6-8-4-3-5-10-8;;/h3-7,11H,1-2H3;;/q-1;2*+1/p-1. The average Bonchev–Trinajstić information content (AvgIpc) is 2.37. The second kappa shape index (κ2) is 8.15. The van der Waals surface area contributed by atoms with Crippen molar-refractivity contribution in [3.63, 3.8) is 0 Å². The molecule has 0 amide bonds. The summed E-state index contributed by atoms with van der Waals surface area (Å²) in [6.07, 6.45) is 2.93. The van der Waals surface area contributed by atoms with E-state index in [9.17, 15) is 5.11 Å². The van der Waals surface area contributed by atoms with Crippen molar-refractivity contribution >= 4 is 6.08 Å². The van der Waals surface area contributed by atoms with Gasteiger partial charge in [0.2, 0.25) is 0 Å². The third-order valence-electron chi connectivity index (χ3n) is 1.19. The molecule has 0 aromatic carbocycles. The monoisotopic (exact) mass is 179 g/mol. The zero-order valence-corrected chi connectivity index (χ0v) is 9.15. The van der Waals surface area contributed by atoms with Crippen LogP contribution in [0.1, 0.15) is 19.5 Å². The molecule has 0 fully saturated rings. The van der Waals surface area contributed by atoms with Gasteiger partial charge in [0.15, 0.2) is 0 Å². The van der Waals surface area contributed by atoms with E-state index in [0.29, 0.717) is 5.69 Å². The normalized spacial score (nSPS) is 10.4. The Labute approximate surface area is 108 Å². The molecule has 1 aromatic heterocycles. The fourth-order valence-corrected chi connectivity index (χ4v) is 0.786. The Morgan fingerprint density at radius 3 is 2.57 bits per heavy atom. The summed E-state index contributed by atoms with van der Waals surface area (Å²) in [6, 6.07) is 3.52. The van der Waals surface area contributed by atoms with Gasteiger partial charge >= 0.3 is 37.7 Å². The first-order valence-electron chi connectivity index (χ1n) is 3.81. The SMILES string of the molecule is CC(C)OC([O-])=Cc1ccc[n-]1.[Li+].[Li+]. The number of ether oxygens (including phenoxy) is 1. The Balaban J connectivity index is 0. The fraction of sp³-hybridized carbons (Fsp3) is 0.333. The van der Waals surface area contributed by atoms with Crippen molar-refractivity contribution < 1.29 is 47.6 Å². The van der Waals surface area contributed by atoms with E-state index in [2.05, 4.69) is 4.98 Å². The predicted octanol–water partition coefficient (Wildman–Crippen LogP) is -5.26. The van der Waals surface area contributed by atoms with E-state index in [0.717, 1.165) is 0 Å². The van der Waals surface area contributed by atoms with Gasteiger partial charge in [0.1, 0.15) is 0 Å². The topological polar surface area (TPSA) is 46.4 Å². The van der Waals surface area contributed by atoms with Crippen LogP contribution in [0.25, 0.3) is 6.08 Å². The summed E-state index contributed by atoms with van der Waals surface area (Å²) in [5, 5.41) is 11.0. The molecule has 0 atom stereocenters. The molecule has 0 bridgehead atoms. The molecule has 0 N–H and O–H groups in total. The van der Waals surface area contributed by atoms with Gasteiger partial charge in [-0.15, -0.1) is 5.69 Å². The van der Waals surface area contributed by atoms with Crippen molar-refractivity contribution in [3.05, 3.63) is 30.0 Å². The molecule has 0 radical (unpaired) electrons. The Hall–Kier alpha value is -0.185. The van der Waals surface area contributed by atoms with Crippen LogP contribution in [0.15, 0.2) is 24.3 Å². The van der Waals surface area contributed by atoms with E-state index in [-0.39, 0.29) is 49.8 Å². The Morgan fingerprint density at radius 2 is 2.14 bits per heavy atom. The number of aromatic nitrogens is 1. The molecular formula is C9H11Li2NO2. The first-order chi connectivity index (χ1) is 5.68. The Morgan fingerprint density at radius 1 is 1.50 bits per heavy atom. The van der Waals surface area contributed by atoms with Crippen LogP contribution < -0.4 is 47.8 Å². The van der Waals surface area contributed by atoms with Crippen molar-refractivity contribution in [2.75, 3.05) is 0 Å². The van der Waals surface area contributed by atoms with Crippen LogP contribution in [0.3, 0.4) is 0 Å². The van der Waals surface area contributed by atoms with Gasteiger partial charge in [-0.3, -0.25) is 0 Å². The van der Waals surface area contributed by atoms with Gasteiger partial charge in [0.05, 0.1) is 5.95 Å². The van der Waals surface area contributed by atoms with E-state index in [4.69, 9.17) is 4.74 Å². The number of rotatable bonds is 3. The maximum Gasteiger partial charge on any atom is 1.00 e. The van der Waals surface area contributed by atoms with E-state index in [1.165, 1.54) is 6.08 Å². The van der Waals surface area contributed by atoms with E-state index >= 15 is 0 Å². The predicted molar refractivity (Wildman–Crippen MR) is 44.0 cm³/mol. The smallest absolute Gasteiger partial charge is 0.664 e. The Bertz CT molecular complexity index is 258. The van der Waals surface area contributed by atoms with Gasteiger partial charge in [-0.05, 0) is 6.10 Å². The van der Waals surface area contributed by atoms with Crippen LogP contribution in [0.2, 0.25) is 0 Å². The molecule has 0 unspecified atom stereocenters. The van der Waals surface area contributed by atoms with Gasteiger partial charge < -0.3 is 14.8 Å². The molecule has 3 nitrogen and oxygen atoms in total. The fourth-order valence-electron chi connectivity index (χ4n) is 0.786. The minimum absolute atomic E-state index is 0. The van der Waals surface area contributed by atoms with Crippen LogP contribution in [-0.4, -0.2) is 6.10 Å².